The molecule has 0 bridgehead atoms. The zero-order chi connectivity index (χ0) is 11.9. The van der Waals surface area contributed by atoms with Gasteiger partial charge in [-0.15, -0.1) is 0 Å². The van der Waals surface area contributed by atoms with Gasteiger partial charge >= 0.3 is 0 Å². The number of rotatable bonds is 8. The number of nitrogens with zero attached hydrogens (tertiary/aromatic N) is 1. The van der Waals surface area contributed by atoms with Crippen LogP contribution in [0.4, 0.5) is 0 Å². The molecule has 0 aromatic carbocycles. The van der Waals surface area contributed by atoms with E-state index in [9.17, 15) is 4.79 Å². The first-order valence-electron chi connectivity index (χ1n) is 6.22. The van der Waals surface area contributed by atoms with Crippen LogP contribution < -0.4 is 0 Å². The zero-order valence-corrected chi connectivity index (χ0v) is 11.0. The van der Waals surface area contributed by atoms with Crippen LogP contribution in [0.15, 0.2) is 0 Å². The fourth-order valence-corrected chi connectivity index (χ4v) is 1.94. The molecule has 0 saturated heterocycles. The topological polar surface area (TPSA) is 20.3 Å². The predicted molar refractivity (Wildman–Crippen MR) is 66.0 cm³/mol. The van der Waals surface area contributed by atoms with Crippen molar-refractivity contribution in [2.24, 2.45) is 11.3 Å². The van der Waals surface area contributed by atoms with Gasteiger partial charge in [-0.05, 0) is 25.3 Å². The lowest BCUT2D eigenvalue weighted by Crippen LogP contribution is -2.40. The summed E-state index contributed by atoms with van der Waals surface area (Å²) in [4.78, 5) is 13.6. The van der Waals surface area contributed by atoms with E-state index in [1.165, 1.54) is 0 Å². The Morgan fingerprint density at radius 1 is 1.20 bits per heavy atom. The molecule has 0 spiro atoms. The lowest BCUT2D eigenvalue weighted by Gasteiger charge is -2.33. The van der Waals surface area contributed by atoms with E-state index in [2.05, 4.69) is 39.5 Å². The average Bonchev–Trinajstić information content (AvgIpc) is 2.24. The van der Waals surface area contributed by atoms with Crippen molar-refractivity contribution >= 4 is 6.29 Å². The summed E-state index contributed by atoms with van der Waals surface area (Å²) >= 11 is 0. The lowest BCUT2D eigenvalue weighted by atomic mass is 9.83. The van der Waals surface area contributed by atoms with Crippen LogP contribution in [-0.2, 0) is 4.79 Å². The minimum atomic E-state index is -0.120. The molecule has 0 aliphatic heterocycles. The third-order valence-electron chi connectivity index (χ3n) is 3.27. The van der Waals surface area contributed by atoms with Crippen LogP contribution in [0.5, 0.6) is 0 Å². The summed E-state index contributed by atoms with van der Waals surface area (Å²) in [6, 6.07) is 0. The van der Waals surface area contributed by atoms with E-state index in [1.807, 2.05) is 0 Å². The molecule has 15 heavy (non-hydrogen) atoms. The third kappa shape index (κ3) is 4.78. The van der Waals surface area contributed by atoms with E-state index in [0.29, 0.717) is 5.92 Å². The van der Waals surface area contributed by atoms with Crippen LogP contribution in [-0.4, -0.2) is 30.8 Å². The Labute approximate surface area is 95.0 Å². The van der Waals surface area contributed by atoms with Gasteiger partial charge in [0, 0.05) is 18.5 Å². The highest BCUT2D eigenvalue weighted by molar-refractivity contribution is 5.59. The van der Waals surface area contributed by atoms with Gasteiger partial charge in [0.25, 0.3) is 0 Å². The largest absolute Gasteiger partial charge is 0.303 e. The molecule has 90 valence electrons. The van der Waals surface area contributed by atoms with Crippen molar-refractivity contribution in [1.29, 1.82) is 0 Å². The van der Waals surface area contributed by atoms with Gasteiger partial charge < -0.3 is 9.69 Å². The molecule has 2 heteroatoms. The van der Waals surface area contributed by atoms with Crippen LogP contribution in [0.25, 0.3) is 0 Å². The van der Waals surface area contributed by atoms with Crippen molar-refractivity contribution in [3.8, 4) is 0 Å². The van der Waals surface area contributed by atoms with Gasteiger partial charge in [0.05, 0.1) is 0 Å². The van der Waals surface area contributed by atoms with Crippen LogP contribution in [0.3, 0.4) is 0 Å². The van der Waals surface area contributed by atoms with Gasteiger partial charge in [0.15, 0.2) is 0 Å². The quantitative estimate of drug-likeness (QED) is 0.578. The van der Waals surface area contributed by atoms with E-state index in [-0.39, 0.29) is 5.41 Å². The first-order valence-corrected chi connectivity index (χ1v) is 6.22. The second kappa shape index (κ2) is 7.00. The minimum absolute atomic E-state index is 0.120. The first kappa shape index (κ1) is 14.6. The third-order valence-corrected chi connectivity index (χ3v) is 3.27. The van der Waals surface area contributed by atoms with Crippen molar-refractivity contribution in [2.45, 2.75) is 47.5 Å². The number of aldehydes is 1. The summed E-state index contributed by atoms with van der Waals surface area (Å²) in [6.45, 7) is 13.9. The fourth-order valence-electron chi connectivity index (χ4n) is 1.94. The monoisotopic (exact) mass is 213 g/mol. The maximum atomic E-state index is 11.2. The molecule has 0 unspecified atom stereocenters. The SMILES string of the molecule is CCN(CC(C)C)CC(C=O)(CC)CC. The highest BCUT2D eigenvalue weighted by Gasteiger charge is 2.27. The summed E-state index contributed by atoms with van der Waals surface area (Å²) in [5.74, 6) is 0.669. The Balaban J connectivity index is 4.40. The molecule has 0 N–H and O–H groups in total. The van der Waals surface area contributed by atoms with Crippen molar-refractivity contribution in [3.63, 3.8) is 0 Å². The Morgan fingerprint density at radius 2 is 1.73 bits per heavy atom. The molecule has 0 rings (SSSR count). The normalized spacial score (nSPS) is 12.5. The Bertz CT molecular complexity index is 173. The van der Waals surface area contributed by atoms with Crippen LogP contribution in [0, 0.1) is 11.3 Å². The maximum absolute atomic E-state index is 11.2. The van der Waals surface area contributed by atoms with Gasteiger partial charge in [-0.2, -0.15) is 0 Å². The summed E-state index contributed by atoms with van der Waals surface area (Å²) in [7, 11) is 0. The first-order chi connectivity index (χ1) is 7.03. The van der Waals surface area contributed by atoms with Crippen LogP contribution >= 0.6 is 0 Å². The van der Waals surface area contributed by atoms with E-state index in [1.54, 1.807) is 0 Å². The smallest absolute Gasteiger partial charge is 0.127 e. The van der Waals surface area contributed by atoms with Crippen molar-refractivity contribution in [1.82, 2.24) is 4.90 Å². The van der Waals surface area contributed by atoms with Gasteiger partial charge in [-0.1, -0.05) is 34.6 Å². The van der Waals surface area contributed by atoms with Gasteiger partial charge in [0.1, 0.15) is 6.29 Å². The molecule has 0 heterocycles. The van der Waals surface area contributed by atoms with Crippen molar-refractivity contribution < 1.29 is 4.79 Å². The minimum Gasteiger partial charge on any atom is -0.303 e. The molecule has 0 amide bonds. The molecule has 0 saturated carbocycles. The maximum Gasteiger partial charge on any atom is 0.127 e. The van der Waals surface area contributed by atoms with Crippen molar-refractivity contribution in [3.05, 3.63) is 0 Å². The highest BCUT2D eigenvalue weighted by Crippen LogP contribution is 2.25. The summed E-state index contributed by atoms with van der Waals surface area (Å²) in [6.07, 6.45) is 3.05. The second-order valence-corrected chi connectivity index (χ2v) is 4.91. The van der Waals surface area contributed by atoms with Crippen molar-refractivity contribution in [2.75, 3.05) is 19.6 Å². The molecular weight excluding hydrogens is 186 g/mol. The van der Waals surface area contributed by atoms with Gasteiger partial charge in [-0.25, -0.2) is 0 Å². The molecule has 0 aromatic heterocycles. The van der Waals surface area contributed by atoms with E-state index in [4.69, 9.17) is 0 Å². The van der Waals surface area contributed by atoms with Gasteiger partial charge in [0.2, 0.25) is 0 Å². The molecule has 0 aromatic rings. The lowest BCUT2D eigenvalue weighted by molar-refractivity contribution is -0.117. The molecule has 0 atom stereocenters. The average molecular weight is 213 g/mol. The zero-order valence-electron chi connectivity index (χ0n) is 11.0. The fraction of sp³-hybridized carbons (Fsp3) is 0.923. The van der Waals surface area contributed by atoms with E-state index >= 15 is 0 Å². The number of carbonyl (C=O) groups is 1. The molecule has 0 aliphatic rings. The van der Waals surface area contributed by atoms with Crippen LogP contribution in [0.2, 0.25) is 0 Å². The second-order valence-electron chi connectivity index (χ2n) is 4.91. The molecule has 0 fully saturated rings. The van der Waals surface area contributed by atoms with Crippen LogP contribution in [0.1, 0.15) is 47.5 Å². The Hall–Kier alpha value is -0.370. The molecule has 2 nitrogen and oxygen atoms in total. The van der Waals surface area contributed by atoms with E-state index < -0.39 is 0 Å². The standard InChI is InChI=1S/C13H27NO/c1-6-13(7-2,11-15)10-14(8-3)9-12(4)5/h11-12H,6-10H2,1-5H3. The summed E-state index contributed by atoms with van der Waals surface area (Å²) in [5.41, 5.74) is -0.120. The molecule has 0 radical (unpaired) electrons. The summed E-state index contributed by atoms with van der Waals surface area (Å²) < 4.78 is 0. The highest BCUT2D eigenvalue weighted by atomic mass is 16.1. The molecule has 0 aliphatic carbocycles. The number of hydrogen-bond acceptors (Lipinski definition) is 2. The molecular formula is C13H27NO. The Morgan fingerprint density at radius 3 is 2.00 bits per heavy atom. The van der Waals surface area contributed by atoms with Gasteiger partial charge in [-0.3, -0.25) is 0 Å². The van der Waals surface area contributed by atoms with E-state index in [0.717, 1.165) is 38.8 Å². The summed E-state index contributed by atoms with van der Waals surface area (Å²) in [5, 5.41) is 0. The number of hydrogen-bond donors (Lipinski definition) is 0. The Kier molecular flexibility index (Phi) is 6.82. The number of carbonyl (C=O) groups excluding carboxylic acids is 1. The predicted octanol–water partition coefficient (Wildman–Crippen LogP) is 2.97.